The van der Waals surface area contributed by atoms with Crippen molar-refractivity contribution in [3.63, 3.8) is 0 Å². The summed E-state index contributed by atoms with van der Waals surface area (Å²) in [7, 11) is 0. The Bertz CT molecular complexity index is 776. The van der Waals surface area contributed by atoms with E-state index in [4.69, 9.17) is 23.2 Å². The highest BCUT2D eigenvalue weighted by atomic mass is 35.5. The van der Waals surface area contributed by atoms with E-state index in [-0.39, 0.29) is 45.4 Å². The second-order valence-electron chi connectivity index (χ2n) is 5.54. The van der Waals surface area contributed by atoms with E-state index < -0.39 is 22.1 Å². The van der Waals surface area contributed by atoms with Crippen LogP contribution in [0.5, 0.6) is 0 Å². The molecule has 26 heavy (non-hydrogen) atoms. The van der Waals surface area contributed by atoms with Crippen LogP contribution in [0.1, 0.15) is 36.2 Å². The molecular weight excluding hydrogens is 387 g/mol. The smallest absolute Gasteiger partial charge is 0.288 e. The maximum absolute atomic E-state index is 10.9. The minimum Gasteiger partial charge on any atom is -0.388 e. The van der Waals surface area contributed by atoms with Gasteiger partial charge in [0.25, 0.3) is 11.4 Å². The van der Waals surface area contributed by atoms with Crippen LogP contribution in [0.25, 0.3) is 0 Å². The average molecular weight is 401 g/mol. The zero-order valence-electron chi connectivity index (χ0n) is 13.2. The van der Waals surface area contributed by atoms with Gasteiger partial charge in [-0.15, -0.1) is 0 Å². The summed E-state index contributed by atoms with van der Waals surface area (Å²) in [4.78, 5) is 20.5. The van der Waals surface area contributed by atoms with Crippen molar-refractivity contribution in [2.24, 2.45) is 0 Å². The van der Waals surface area contributed by atoms with E-state index in [1.807, 2.05) is 0 Å². The summed E-state index contributed by atoms with van der Waals surface area (Å²) >= 11 is 11.5. The number of aliphatic hydroxyl groups excluding tert-OH is 2. The molecule has 0 radical (unpaired) electrons. The third kappa shape index (κ3) is 4.67. The Kier molecular flexibility index (Phi) is 6.49. The number of nitro groups is 2. The van der Waals surface area contributed by atoms with Crippen LogP contribution < -0.4 is 0 Å². The number of nitrogens with zero attached hydrogens (tertiary/aromatic N) is 2. The summed E-state index contributed by atoms with van der Waals surface area (Å²) in [6.45, 7) is 0. The van der Waals surface area contributed by atoms with Gasteiger partial charge in [0.05, 0.1) is 22.1 Å². The van der Waals surface area contributed by atoms with Crippen molar-refractivity contribution in [1.82, 2.24) is 0 Å². The highest BCUT2D eigenvalue weighted by molar-refractivity contribution is 6.33. The first-order chi connectivity index (χ1) is 12.2. The molecule has 0 heterocycles. The SMILES string of the molecule is O=[N+]([O-])c1cc(C(O)CC[C@@H](O)c2ccc(Cl)c([N+](=O)[O-])c2)ccc1Cl. The van der Waals surface area contributed by atoms with Crippen molar-refractivity contribution < 1.29 is 20.1 Å². The summed E-state index contributed by atoms with van der Waals surface area (Å²) in [6.07, 6.45) is -1.97. The van der Waals surface area contributed by atoms with Crippen molar-refractivity contribution >= 4 is 34.6 Å². The highest BCUT2D eigenvalue weighted by Gasteiger charge is 2.20. The first-order valence-corrected chi connectivity index (χ1v) is 8.20. The second kappa shape index (κ2) is 8.41. The first-order valence-electron chi connectivity index (χ1n) is 7.44. The molecule has 2 rings (SSSR count). The molecule has 0 fully saturated rings. The minimum absolute atomic E-state index is 0.0422. The predicted octanol–water partition coefficient (Wildman–Crippen LogP) is 4.36. The topological polar surface area (TPSA) is 127 Å². The summed E-state index contributed by atoms with van der Waals surface area (Å²) in [5.74, 6) is 0. The lowest BCUT2D eigenvalue weighted by Crippen LogP contribution is -2.04. The maximum atomic E-state index is 10.9. The first kappa shape index (κ1) is 20.1. The molecule has 2 atom stereocenters. The van der Waals surface area contributed by atoms with Gasteiger partial charge in [0.1, 0.15) is 10.0 Å². The number of hydrogen-bond acceptors (Lipinski definition) is 6. The van der Waals surface area contributed by atoms with Crippen LogP contribution in [0.2, 0.25) is 10.0 Å². The summed E-state index contributed by atoms with van der Waals surface area (Å²) in [5, 5.41) is 42.1. The lowest BCUT2D eigenvalue weighted by Gasteiger charge is -2.15. The van der Waals surface area contributed by atoms with Crippen LogP contribution >= 0.6 is 23.2 Å². The van der Waals surface area contributed by atoms with E-state index in [1.54, 1.807) is 0 Å². The number of rotatable bonds is 7. The van der Waals surface area contributed by atoms with Crippen molar-refractivity contribution in [3.8, 4) is 0 Å². The molecule has 0 aliphatic carbocycles. The fourth-order valence-corrected chi connectivity index (χ4v) is 2.78. The average Bonchev–Trinajstić information content (AvgIpc) is 2.59. The van der Waals surface area contributed by atoms with Gasteiger partial charge in [-0.2, -0.15) is 0 Å². The lowest BCUT2D eigenvalue weighted by molar-refractivity contribution is -0.385. The number of nitro benzene ring substituents is 2. The summed E-state index contributed by atoms with van der Waals surface area (Å²) in [5.41, 5.74) is -0.0695. The molecule has 0 saturated heterocycles. The van der Waals surface area contributed by atoms with Crippen LogP contribution in [-0.4, -0.2) is 20.1 Å². The second-order valence-corrected chi connectivity index (χ2v) is 6.36. The monoisotopic (exact) mass is 400 g/mol. The van der Waals surface area contributed by atoms with Gasteiger partial charge in [-0.05, 0) is 36.1 Å². The zero-order chi connectivity index (χ0) is 19.4. The van der Waals surface area contributed by atoms with Gasteiger partial charge in [0.2, 0.25) is 0 Å². The molecule has 0 aliphatic rings. The van der Waals surface area contributed by atoms with Crippen LogP contribution in [0.15, 0.2) is 36.4 Å². The van der Waals surface area contributed by atoms with Gasteiger partial charge in [0, 0.05) is 12.1 Å². The quantitative estimate of drug-likeness (QED) is 0.524. The lowest BCUT2D eigenvalue weighted by atomic mass is 9.98. The fourth-order valence-electron chi connectivity index (χ4n) is 2.40. The Morgan fingerprint density at radius 1 is 0.808 bits per heavy atom. The van der Waals surface area contributed by atoms with E-state index in [0.717, 1.165) is 0 Å². The Labute approximate surface area is 157 Å². The zero-order valence-corrected chi connectivity index (χ0v) is 14.7. The number of halogens is 2. The molecule has 0 saturated carbocycles. The third-order valence-electron chi connectivity index (χ3n) is 3.82. The molecule has 138 valence electrons. The molecule has 1 unspecified atom stereocenters. The molecule has 0 aromatic heterocycles. The number of hydrogen-bond donors (Lipinski definition) is 2. The van der Waals surface area contributed by atoms with E-state index in [0.29, 0.717) is 0 Å². The fraction of sp³-hybridized carbons (Fsp3) is 0.250. The van der Waals surface area contributed by atoms with Gasteiger partial charge in [-0.25, -0.2) is 0 Å². The Morgan fingerprint density at radius 3 is 1.46 bits per heavy atom. The molecular formula is C16H14Cl2N2O6. The van der Waals surface area contributed by atoms with E-state index in [1.165, 1.54) is 36.4 Å². The molecule has 2 aromatic carbocycles. The summed E-state index contributed by atoms with van der Waals surface area (Å²) in [6, 6.07) is 7.90. The molecule has 0 amide bonds. The molecule has 10 heteroatoms. The number of aliphatic hydroxyl groups is 2. The molecule has 2 aromatic rings. The molecule has 0 spiro atoms. The van der Waals surface area contributed by atoms with Crippen molar-refractivity contribution in [1.29, 1.82) is 0 Å². The number of benzene rings is 2. The largest absolute Gasteiger partial charge is 0.388 e. The molecule has 0 bridgehead atoms. The van der Waals surface area contributed by atoms with E-state index >= 15 is 0 Å². The Morgan fingerprint density at radius 2 is 1.15 bits per heavy atom. The molecule has 2 N–H and O–H groups in total. The Hall–Kier alpha value is -2.26. The highest BCUT2D eigenvalue weighted by Crippen LogP contribution is 2.32. The van der Waals surface area contributed by atoms with Crippen molar-refractivity contribution in [3.05, 3.63) is 77.8 Å². The van der Waals surface area contributed by atoms with Crippen molar-refractivity contribution in [2.45, 2.75) is 25.0 Å². The molecule has 8 nitrogen and oxygen atoms in total. The standard InChI is InChI=1S/C16H14Cl2N2O6/c17-11-3-1-9(7-13(11)19(23)24)15(21)5-6-16(22)10-2-4-12(18)14(8-10)20(25)26/h1-4,7-8,15-16,21-22H,5-6H2/t15-,16?/m1/s1. The third-order valence-corrected chi connectivity index (χ3v) is 4.46. The van der Waals surface area contributed by atoms with E-state index in [9.17, 15) is 30.4 Å². The normalized spacial score (nSPS) is 13.2. The van der Waals surface area contributed by atoms with Gasteiger partial charge >= 0.3 is 0 Å². The summed E-state index contributed by atoms with van der Waals surface area (Å²) < 4.78 is 0. The Balaban J connectivity index is 2.08. The molecule has 0 aliphatic heterocycles. The minimum atomic E-state index is -1.07. The van der Waals surface area contributed by atoms with Crippen molar-refractivity contribution in [2.75, 3.05) is 0 Å². The van der Waals surface area contributed by atoms with Crippen LogP contribution in [-0.2, 0) is 0 Å². The van der Waals surface area contributed by atoms with Crippen LogP contribution in [0.3, 0.4) is 0 Å². The van der Waals surface area contributed by atoms with Gasteiger partial charge in [-0.3, -0.25) is 20.2 Å². The predicted molar refractivity (Wildman–Crippen MR) is 95.4 cm³/mol. The van der Waals surface area contributed by atoms with Crippen LogP contribution in [0, 0.1) is 20.2 Å². The van der Waals surface area contributed by atoms with Crippen LogP contribution in [0.4, 0.5) is 11.4 Å². The maximum Gasteiger partial charge on any atom is 0.288 e. The van der Waals surface area contributed by atoms with Gasteiger partial charge in [-0.1, -0.05) is 35.3 Å². The van der Waals surface area contributed by atoms with Gasteiger partial charge in [0.15, 0.2) is 0 Å². The van der Waals surface area contributed by atoms with E-state index in [2.05, 4.69) is 0 Å². The van der Waals surface area contributed by atoms with Gasteiger partial charge < -0.3 is 10.2 Å².